The molecule has 0 radical (unpaired) electrons. The molecular formula is C23H25N7O2. The molecule has 1 fully saturated rings. The van der Waals surface area contributed by atoms with Gasteiger partial charge >= 0.3 is 0 Å². The van der Waals surface area contributed by atoms with Gasteiger partial charge in [0, 0.05) is 43.8 Å². The van der Waals surface area contributed by atoms with Crippen LogP contribution < -0.4 is 10.6 Å². The lowest BCUT2D eigenvalue weighted by molar-refractivity contribution is 0.102. The number of amides is 1. The number of benzene rings is 1. The third-order valence-corrected chi connectivity index (χ3v) is 5.73. The summed E-state index contributed by atoms with van der Waals surface area (Å²) in [7, 11) is 2.16. The van der Waals surface area contributed by atoms with Crippen LogP contribution in [0.4, 0.5) is 17.1 Å². The van der Waals surface area contributed by atoms with E-state index in [-0.39, 0.29) is 5.91 Å². The van der Waals surface area contributed by atoms with Crippen LogP contribution in [-0.4, -0.2) is 64.1 Å². The highest BCUT2D eigenvalue weighted by molar-refractivity contribution is 6.07. The van der Waals surface area contributed by atoms with E-state index >= 15 is 0 Å². The predicted octanol–water partition coefficient (Wildman–Crippen LogP) is 3.29. The Labute approximate surface area is 185 Å². The smallest absolute Gasteiger partial charge is 0.275 e. The van der Waals surface area contributed by atoms with Crippen LogP contribution in [-0.2, 0) is 6.54 Å². The summed E-state index contributed by atoms with van der Waals surface area (Å²) >= 11 is 0. The fourth-order valence-electron chi connectivity index (χ4n) is 3.84. The number of furan rings is 1. The molecule has 1 amide bonds. The molecule has 0 unspecified atom stereocenters. The number of hydrogen-bond donors (Lipinski definition) is 3. The number of hydrogen-bond acceptors (Lipinski definition) is 7. The molecule has 32 heavy (non-hydrogen) atoms. The molecular weight excluding hydrogens is 406 g/mol. The SMILES string of the molecule is CN1CCN(Cc2ccc(NC(=O)c3[nH]ncc3Nc3cncc4occc34)cc2)CC1. The van der Waals surface area contributed by atoms with Gasteiger partial charge in [-0.05, 0) is 30.8 Å². The highest BCUT2D eigenvalue weighted by Crippen LogP contribution is 2.27. The molecule has 164 valence electrons. The Morgan fingerprint density at radius 1 is 1.06 bits per heavy atom. The Balaban J connectivity index is 1.24. The molecule has 4 aromatic rings. The quantitative estimate of drug-likeness (QED) is 0.430. The number of likely N-dealkylation sites (N-methyl/N-ethyl adjacent to an activating group) is 1. The zero-order chi connectivity index (χ0) is 21.9. The van der Waals surface area contributed by atoms with Gasteiger partial charge in [0.05, 0.1) is 36.2 Å². The number of aromatic amines is 1. The number of anilines is 3. The van der Waals surface area contributed by atoms with Crippen molar-refractivity contribution in [1.29, 1.82) is 0 Å². The third kappa shape index (κ3) is 4.34. The first-order valence-electron chi connectivity index (χ1n) is 10.6. The fourth-order valence-corrected chi connectivity index (χ4v) is 3.84. The van der Waals surface area contributed by atoms with Crippen molar-refractivity contribution in [2.75, 3.05) is 43.9 Å². The lowest BCUT2D eigenvalue weighted by Gasteiger charge is -2.32. The normalized spacial score (nSPS) is 15.2. The third-order valence-electron chi connectivity index (χ3n) is 5.73. The number of pyridine rings is 1. The Morgan fingerprint density at radius 2 is 1.88 bits per heavy atom. The van der Waals surface area contributed by atoms with Crippen LogP contribution in [0.5, 0.6) is 0 Å². The zero-order valence-corrected chi connectivity index (χ0v) is 17.8. The number of nitrogens with zero attached hydrogens (tertiary/aromatic N) is 4. The summed E-state index contributed by atoms with van der Waals surface area (Å²) in [6.07, 6.45) is 6.52. The monoisotopic (exact) mass is 431 g/mol. The Morgan fingerprint density at radius 3 is 2.69 bits per heavy atom. The largest absolute Gasteiger partial charge is 0.463 e. The molecule has 0 atom stereocenters. The van der Waals surface area contributed by atoms with Gasteiger partial charge in [0.2, 0.25) is 0 Å². The highest BCUT2D eigenvalue weighted by Gasteiger charge is 2.17. The van der Waals surface area contributed by atoms with E-state index in [1.807, 2.05) is 18.2 Å². The summed E-state index contributed by atoms with van der Waals surface area (Å²) in [5.41, 5.74) is 4.27. The average molecular weight is 432 g/mol. The molecule has 9 heteroatoms. The van der Waals surface area contributed by atoms with Gasteiger partial charge < -0.3 is 20.0 Å². The van der Waals surface area contributed by atoms with Gasteiger partial charge in [0.15, 0.2) is 5.58 Å². The molecule has 1 saturated heterocycles. The fraction of sp³-hybridized carbons (Fsp3) is 0.261. The number of carbonyl (C=O) groups excluding carboxylic acids is 1. The maximum atomic E-state index is 12.9. The number of fused-ring (bicyclic) bond motifs is 1. The van der Waals surface area contributed by atoms with Crippen LogP contribution in [0.1, 0.15) is 16.1 Å². The molecule has 0 bridgehead atoms. The first kappa shape index (κ1) is 20.2. The minimum atomic E-state index is -0.274. The van der Waals surface area contributed by atoms with Crippen molar-refractivity contribution in [1.82, 2.24) is 25.0 Å². The number of piperazine rings is 1. The number of carbonyl (C=O) groups is 1. The zero-order valence-electron chi connectivity index (χ0n) is 17.8. The van der Waals surface area contributed by atoms with Gasteiger partial charge in [-0.15, -0.1) is 0 Å². The van der Waals surface area contributed by atoms with Crippen molar-refractivity contribution in [3.63, 3.8) is 0 Å². The number of rotatable bonds is 6. The standard InChI is InChI=1S/C23H25N7O2/c1-29-7-9-30(10-8-29)15-16-2-4-17(5-3-16)26-23(31)22-20(13-25-28-22)27-19-12-24-14-21-18(19)6-11-32-21/h2-6,11-14,27H,7-10,15H2,1H3,(H,25,28)(H,26,31). The van der Waals surface area contributed by atoms with Crippen molar-refractivity contribution < 1.29 is 9.21 Å². The number of nitrogens with one attached hydrogen (secondary N) is 3. The Kier molecular flexibility index (Phi) is 5.57. The van der Waals surface area contributed by atoms with E-state index in [1.54, 1.807) is 24.9 Å². The molecule has 3 N–H and O–H groups in total. The van der Waals surface area contributed by atoms with E-state index in [9.17, 15) is 4.79 Å². The Hall–Kier alpha value is -3.69. The van der Waals surface area contributed by atoms with Crippen LogP contribution in [0, 0.1) is 0 Å². The lowest BCUT2D eigenvalue weighted by Crippen LogP contribution is -2.43. The van der Waals surface area contributed by atoms with E-state index in [0.717, 1.165) is 49.5 Å². The van der Waals surface area contributed by atoms with E-state index in [0.29, 0.717) is 17.0 Å². The molecule has 4 heterocycles. The van der Waals surface area contributed by atoms with Gasteiger partial charge in [-0.25, -0.2) is 0 Å². The molecule has 1 aliphatic rings. The second-order valence-electron chi connectivity index (χ2n) is 8.03. The minimum absolute atomic E-state index is 0.274. The first-order chi connectivity index (χ1) is 15.7. The van der Waals surface area contributed by atoms with Crippen molar-refractivity contribution in [2.24, 2.45) is 0 Å². The van der Waals surface area contributed by atoms with Gasteiger partial charge in [0.1, 0.15) is 5.69 Å². The van der Waals surface area contributed by atoms with Gasteiger partial charge in [-0.2, -0.15) is 5.10 Å². The molecule has 5 rings (SSSR count). The van der Waals surface area contributed by atoms with Crippen LogP contribution in [0.15, 0.2) is 59.6 Å². The lowest BCUT2D eigenvalue weighted by atomic mass is 10.1. The van der Waals surface area contributed by atoms with Crippen LogP contribution in [0.2, 0.25) is 0 Å². The molecule has 0 spiro atoms. The van der Waals surface area contributed by atoms with Crippen molar-refractivity contribution in [3.05, 3.63) is 66.4 Å². The highest BCUT2D eigenvalue weighted by atomic mass is 16.3. The average Bonchev–Trinajstić information content (AvgIpc) is 3.47. The van der Waals surface area contributed by atoms with Crippen molar-refractivity contribution in [2.45, 2.75) is 6.54 Å². The molecule has 9 nitrogen and oxygen atoms in total. The summed E-state index contributed by atoms with van der Waals surface area (Å²) in [5.74, 6) is -0.274. The second kappa shape index (κ2) is 8.81. The summed E-state index contributed by atoms with van der Waals surface area (Å²) in [6.45, 7) is 5.27. The van der Waals surface area contributed by atoms with Crippen LogP contribution >= 0.6 is 0 Å². The molecule has 0 aliphatic carbocycles. The summed E-state index contributed by atoms with van der Waals surface area (Å²) < 4.78 is 5.39. The number of aromatic nitrogens is 3. The molecule has 0 saturated carbocycles. The topological polar surface area (TPSA) is 102 Å². The molecule has 1 aliphatic heterocycles. The van der Waals surface area contributed by atoms with Crippen LogP contribution in [0.25, 0.3) is 11.0 Å². The summed E-state index contributed by atoms with van der Waals surface area (Å²) in [4.78, 5) is 21.8. The second-order valence-corrected chi connectivity index (χ2v) is 8.03. The van der Waals surface area contributed by atoms with Gasteiger partial charge in [0.25, 0.3) is 5.91 Å². The van der Waals surface area contributed by atoms with E-state index in [2.05, 4.69) is 54.8 Å². The predicted molar refractivity (Wildman–Crippen MR) is 123 cm³/mol. The molecule has 1 aromatic carbocycles. The minimum Gasteiger partial charge on any atom is -0.463 e. The Bertz CT molecular complexity index is 1210. The maximum Gasteiger partial charge on any atom is 0.275 e. The van der Waals surface area contributed by atoms with E-state index in [1.165, 1.54) is 5.56 Å². The van der Waals surface area contributed by atoms with Gasteiger partial charge in [-0.3, -0.25) is 19.8 Å². The maximum absolute atomic E-state index is 12.9. The first-order valence-corrected chi connectivity index (χ1v) is 10.6. The van der Waals surface area contributed by atoms with Crippen molar-refractivity contribution >= 4 is 33.9 Å². The van der Waals surface area contributed by atoms with Crippen LogP contribution in [0.3, 0.4) is 0 Å². The summed E-state index contributed by atoms with van der Waals surface area (Å²) in [6, 6.07) is 9.84. The van der Waals surface area contributed by atoms with E-state index < -0.39 is 0 Å². The van der Waals surface area contributed by atoms with Gasteiger partial charge in [-0.1, -0.05) is 12.1 Å². The number of H-pyrrole nitrogens is 1. The van der Waals surface area contributed by atoms with Crippen molar-refractivity contribution in [3.8, 4) is 0 Å². The summed E-state index contributed by atoms with van der Waals surface area (Å²) in [5, 5.41) is 13.8. The molecule has 3 aromatic heterocycles. The van der Waals surface area contributed by atoms with E-state index in [4.69, 9.17) is 4.42 Å².